The number of methoxy groups -OCH3 is 1. The van der Waals surface area contributed by atoms with Gasteiger partial charge in [0.15, 0.2) is 19.9 Å². The van der Waals surface area contributed by atoms with Gasteiger partial charge < -0.3 is 23.4 Å². The van der Waals surface area contributed by atoms with E-state index in [1.54, 1.807) is 7.11 Å². The predicted molar refractivity (Wildman–Crippen MR) is 135 cm³/mol. The van der Waals surface area contributed by atoms with Crippen LogP contribution in [0.3, 0.4) is 0 Å². The SMILES string of the molecule is C=CCC[C@]1(OC)CC[C@H]2O[C@H](CO[Si](C)(C)C(C)(C)C)C(=O)[C@@H](OCc3ccccc3)[C@@H]2O1. The molecule has 2 aliphatic heterocycles. The van der Waals surface area contributed by atoms with Gasteiger partial charge in [-0.2, -0.15) is 0 Å². The Morgan fingerprint density at radius 2 is 1.94 bits per heavy atom. The van der Waals surface area contributed by atoms with E-state index in [4.69, 9.17) is 23.4 Å². The minimum atomic E-state index is -2.03. The zero-order chi connectivity index (χ0) is 25.0. The molecule has 0 N–H and O–H groups in total. The van der Waals surface area contributed by atoms with Crippen LogP contribution in [0.1, 0.15) is 52.0 Å². The number of fused-ring (bicyclic) bond motifs is 1. The van der Waals surface area contributed by atoms with Crippen LogP contribution < -0.4 is 0 Å². The Kier molecular flexibility index (Phi) is 8.93. The number of carbonyl (C=O) groups excluding carboxylic acids is 1. The van der Waals surface area contributed by atoms with Crippen molar-refractivity contribution < 1.29 is 28.2 Å². The first-order chi connectivity index (χ1) is 16.0. The van der Waals surface area contributed by atoms with E-state index in [-0.39, 0.29) is 23.5 Å². The van der Waals surface area contributed by atoms with Crippen LogP contribution >= 0.6 is 0 Å². The summed E-state index contributed by atoms with van der Waals surface area (Å²) in [5.74, 6) is -0.885. The van der Waals surface area contributed by atoms with Crippen molar-refractivity contribution in [3.63, 3.8) is 0 Å². The molecule has 0 unspecified atom stereocenters. The standard InChI is InChI=1S/C27H42O6Si/c1-8-9-16-27(29-5)17-15-21-24(33-27)25(30-18-20-13-11-10-12-14-20)23(28)22(32-21)19-31-34(6,7)26(2,3)4/h8,10-14,21-22,24-25H,1,9,15-19H2,2-7H3/t21-,22-,24-,25-,27-/m1/s1. The van der Waals surface area contributed by atoms with Crippen molar-refractivity contribution in [2.75, 3.05) is 13.7 Å². The van der Waals surface area contributed by atoms with E-state index < -0.39 is 32.4 Å². The number of Topliss-reactive ketones (excluding diaryl/α,β-unsaturated/α-hetero) is 1. The zero-order valence-electron chi connectivity index (χ0n) is 21.7. The van der Waals surface area contributed by atoms with Crippen LogP contribution in [0.4, 0.5) is 0 Å². The van der Waals surface area contributed by atoms with Gasteiger partial charge >= 0.3 is 0 Å². The minimum Gasteiger partial charge on any atom is -0.414 e. The summed E-state index contributed by atoms with van der Waals surface area (Å²) in [5, 5.41) is 0.0492. The predicted octanol–water partition coefficient (Wildman–Crippen LogP) is 5.42. The summed E-state index contributed by atoms with van der Waals surface area (Å²) in [5.41, 5.74) is 1.01. The molecule has 2 heterocycles. The fraction of sp³-hybridized carbons (Fsp3) is 0.667. The van der Waals surface area contributed by atoms with Crippen LogP contribution in [0.15, 0.2) is 43.0 Å². The molecule has 0 spiro atoms. The number of allylic oxidation sites excluding steroid dienone is 1. The summed E-state index contributed by atoms with van der Waals surface area (Å²) in [7, 11) is -0.375. The topological polar surface area (TPSA) is 63.2 Å². The summed E-state index contributed by atoms with van der Waals surface area (Å²) in [6.45, 7) is 15.3. The summed E-state index contributed by atoms with van der Waals surface area (Å²) in [6.07, 6.45) is 2.52. The smallest absolute Gasteiger partial charge is 0.195 e. The fourth-order valence-corrected chi connectivity index (χ4v) is 5.25. The molecule has 7 heteroatoms. The average molecular weight is 491 g/mol. The number of rotatable bonds is 10. The lowest BCUT2D eigenvalue weighted by atomic mass is 9.88. The molecule has 2 saturated heterocycles. The highest BCUT2D eigenvalue weighted by atomic mass is 28.4. The molecule has 0 radical (unpaired) electrons. The molecule has 34 heavy (non-hydrogen) atoms. The highest BCUT2D eigenvalue weighted by molar-refractivity contribution is 6.74. The number of ether oxygens (including phenoxy) is 4. The van der Waals surface area contributed by atoms with E-state index >= 15 is 0 Å². The van der Waals surface area contributed by atoms with Crippen LogP contribution in [0.5, 0.6) is 0 Å². The Hall–Kier alpha value is -1.35. The van der Waals surface area contributed by atoms with Gasteiger partial charge in [-0.05, 0) is 36.5 Å². The van der Waals surface area contributed by atoms with Crippen molar-refractivity contribution in [2.45, 2.75) is 101 Å². The molecule has 2 fully saturated rings. The van der Waals surface area contributed by atoms with Gasteiger partial charge in [0, 0.05) is 20.0 Å². The maximum Gasteiger partial charge on any atom is 0.195 e. The van der Waals surface area contributed by atoms with E-state index in [0.29, 0.717) is 19.4 Å². The molecule has 0 bridgehead atoms. The van der Waals surface area contributed by atoms with Crippen LogP contribution in [0, 0.1) is 0 Å². The molecule has 0 saturated carbocycles. The van der Waals surface area contributed by atoms with Gasteiger partial charge in [0.2, 0.25) is 0 Å². The van der Waals surface area contributed by atoms with Crippen LogP contribution in [-0.2, 0) is 34.8 Å². The lowest BCUT2D eigenvalue weighted by Crippen LogP contribution is -2.63. The minimum absolute atomic E-state index is 0.0492. The third-order valence-corrected chi connectivity index (χ3v) is 12.0. The molecular formula is C27H42O6Si. The molecule has 5 atom stereocenters. The Labute approximate surface area is 206 Å². The first-order valence-corrected chi connectivity index (χ1v) is 15.3. The molecule has 1 aromatic carbocycles. The van der Waals surface area contributed by atoms with Gasteiger partial charge in [-0.25, -0.2) is 0 Å². The van der Waals surface area contributed by atoms with Gasteiger partial charge in [0.25, 0.3) is 0 Å². The summed E-state index contributed by atoms with van der Waals surface area (Å²) < 4.78 is 31.2. The quantitative estimate of drug-likeness (QED) is 0.322. The summed E-state index contributed by atoms with van der Waals surface area (Å²) in [6, 6.07) is 9.87. The number of hydrogen-bond acceptors (Lipinski definition) is 6. The van der Waals surface area contributed by atoms with Crippen LogP contribution in [0.2, 0.25) is 18.1 Å². The molecule has 2 aliphatic rings. The lowest BCUT2D eigenvalue weighted by molar-refractivity contribution is -0.323. The van der Waals surface area contributed by atoms with Gasteiger partial charge in [-0.1, -0.05) is 57.2 Å². The van der Waals surface area contributed by atoms with Crippen LogP contribution in [-0.4, -0.2) is 58.0 Å². The fourth-order valence-electron chi connectivity index (χ4n) is 4.25. The van der Waals surface area contributed by atoms with Crippen molar-refractivity contribution in [3.05, 3.63) is 48.6 Å². The van der Waals surface area contributed by atoms with E-state index in [1.165, 1.54) is 0 Å². The van der Waals surface area contributed by atoms with Crippen molar-refractivity contribution in [1.82, 2.24) is 0 Å². The molecule has 6 nitrogen and oxygen atoms in total. The van der Waals surface area contributed by atoms with Gasteiger partial charge in [-0.3, -0.25) is 4.79 Å². The highest BCUT2D eigenvalue weighted by Crippen LogP contribution is 2.41. The normalized spacial score (nSPS) is 30.1. The van der Waals surface area contributed by atoms with Crippen molar-refractivity contribution >= 4 is 14.1 Å². The Bertz CT molecular complexity index is 820. The van der Waals surface area contributed by atoms with Crippen molar-refractivity contribution in [1.29, 1.82) is 0 Å². The van der Waals surface area contributed by atoms with Crippen molar-refractivity contribution in [2.24, 2.45) is 0 Å². The van der Waals surface area contributed by atoms with Gasteiger partial charge in [0.05, 0.1) is 19.3 Å². The van der Waals surface area contributed by atoms with Gasteiger partial charge in [-0.15, -0.1) is 6.58 Å². The maximum absolute atomic E-state index is 13.6. The molecule has 3 rings (SSSR count). The van der Waals surface area contributed by atoms with Gasteiger partial charge in [0.1, 0.15) is 18.3 Å². The van der Waals surface area contributed by atoms with E-state index in [9.17, 15) is 4.79 Å². The maximum atomic E-state index is 13.6. The largest absolute Gasteiger partial charge is 0.414 e. The Morgan fingerprint density at radius 3 is 2.56 bits per heavy atom. The second-order valence-corrected chi connectivity index (χ2v) is 15.7. The molecule has 0 aromatic heterocycles. The number of benzene rings is 1. The lowest BCUT2D eigenvalue weighted by Gasteiger charge is -2.49. The summed E-state index contributed by atoms with van der Waals surface area (Å²) in [4.78, 5) is 13.6. The van der Waals surface area contributed by atoms with Crippen molar-refractivity contribution in [3.8, 4) is 0 Å². The number of hydrogen-bond donors (Lipinski definition) is 0. The van der Waals surface area contributed by atoms with E-state index in [2.05, 4.69) is 40.4 Å². The monoisotopic (exact) mass is 490 g/mol. The second kappa shape index (κ2) is 11.1. The molecule has 0 aliphatic carbocycles. The second-order valence-electron chi connectivity index (χ2n) is 10.9. The molecular weight excluding hydrogens is 448 g/mol. The van der Waals surface area contributed by atoms with Crippen LogP contribution in [0.25, 0.3) is 0 Å². The Balaban J connectivity index is 1.79. The number of carbonyl (C=O) groups is 1. The Morgan fingerprint density at radius 1 is 1.24 bits per heavy atom. The number of ketones is 1. The third kappa shape index (κ3) is 6.25. The first kappa shape index (κ1) is 27.2. The summed E-state index contributed by atoms with van der Waals surface area (Å²) >= 11 is 0. The third-order valence-electron chi connectivity index (χ3n) is 7.54. The molecule has 190 valence electrons. The molecule has 1 aromatic rings. The van der Waals surface area contributed by atoms with E-state index in [0.717, 1.165) is 18.4 Å². The van der Waals surface area contributed by atoms with E-state index in [1.807, 2.05) is 36.4 Å². The molecule has 0 amide bonds. The zero-order valence-corrected chi connectivity index (χ0v) is 22.7. The highest BCUT2D eigenvalue weighted by Gasteiger charge is 2.53. The first-order valence-electron chi connectivity index (χ1n) is 12.3. The average Bonchev–Trinajstić information content (AvgIpc) is 2.81.